The summed E-state index contributed by atoms with van der Waals surface area (Å²) >= 11 is 0. The van der Waals surface area contributed by atoms with Gasteiger partial charge in [-0.2, -0.15) is 0 Å². The molecule has 0 unspecified atom stereocenters. The van der Waals surface area contributed by atoms with Crippen LogP contribution >= 0.6 is 0 Å². The van der Waals surface area contributed by atoms with E-state index < -0.39 is 157 Å². The summed E-state index contributed by atoms with van der Waals surface area (Å²) in [5.41, 5.74) is -1.17. The quantitative estimate of drug-likeness (QED) is 0.0876. The van der Waals surface area contributed by atoms with Crippen LogP contribution in [0.1, 0.15) is 121 Å². The number of methoxy groups -OCH3 is 2. The van der Waals surface area contributed by atoms with Crippen LogP contribution in [0.2, 0.25) is 0 Å². The van der Waals surface area contributed by atoms with Gasteiger partial charge < -0.3 is 77.2 Å². The molecule has 5 aliphatic heterocycles. The monoisotopic (exact) mass is 1250 g/mol. The van der Waals surface area contributed by atoms with Crippen LogP contribution in [0.3, 0.4) is 0 Å². The number of aliphatic hydroxyl groups excluding tert-OH is 2. The van der Waals surface area contributed by atoms with E-state index in [0.717, 1.165) is 0 Å². The second-order valence-corrected chi connectivity index (χ2v) is 25.9. The van der Waals surface area contributed by atoms with E-state index in [1.165, 1.54) is 48.9 Å². The number of halogens is 1. The van der Waals surface area contributed by atoms with Gasteiger partial charge in [-0.05, 0) is 85.0 Å². The number of ether oxygens (including phenoxy) is 11. The first-order valence-corrected chi connectivity index (χ1v) is 31.0. The third-order valence-corrected chi connectivity index (χ3v) is 17.8. The van der Waals surface area contributed by atoms with Crippen molar-refractivity contribution in [2.24, 2.45) is 46.6 Å². The van der Waals surface area contributed by atoms with Crippen LogP contribution in [0.25, 0.3) is 0 Å². The molecule has 2 aromatic rings. The number of esters is 2. The summed E-state index contributed by atoms with van der Waals surface area (Å²) in [5, 5.41) is 48.3. The summed E-state index contributed by atoms with van der Waals surface area (Å²) in [6, 6.07) is 5.66. The number of aliphatic hydroxyl groups is 3. The molecule has 23 atom stereocenters. The predicted octanol–water partition coefficient (Wildman–Crippen LogP) is 5.60. The van der Waals surface area contributed by atoms with Crippen molar-refractivity contribution in [1.82, 2.24) is 19.9 Å². The highest BCUT2D eigenvalue weighted by molar-refractivity contribution is 5.90. The Morgan fingerprint density at radius 2 is 1.58 bits per heavy atom. The molecule has 25 nitrogen and oxygen atoms in total. The smallest absolute Gasteiger partial charge is 0.414 e. The molecule has 0 spiro atoms. The number of aromatic nitrogens is 3. The van der Waals surface area contributed by atoms with Crippen molar-refractivity contribution in [1.29, 1.82) is 0 Å². The average molecular weight is 1250 g/mol. The van der Waals surface area contributed by atoms with E-state index in [0.29, 0.717) is 24.3 Å². The number of hydrogen-bond acceptors (Lipinski definition) is 23. The second kappa shape index (κ2) is 31.0. The van der Waals surface area contributed by atoms with Crippen LogP contribution in [0.5, 0.6) is 0 Å². The predicted molar refractivity (Wildman–Crippen MR) is 314 cm³/mol. The van der Waals surface area contributed by atoms with E-state index in [2.05, 4.69) is 27.3 Å². The minimum absolute atomic E-state index is 0.00354. The maximum Gasteiger partial charge on any atom is 0.414 e. The molecule has 26 heteroatoms. The normalized spacial score (nSPS) is 38.5. The first-order chi connectivity index (χ1) is 41.5. The topological polar surface area (TPSA) is 289 Å². The number of Topliss-reactive ketones (excluding diaryl/α,β-unsaturated/α-hetero) is 1. The number of hydrogen-bond donors (Lipinski definition) is 3. The Labute approximate surface area is 516 Å². The van der Waals surface area contributed by atoms with E-state index in [4.69, 9.17) is 56.9 Å². The molecule has 0 radical (unpaired) electrons. The summed E-state index contributed by atoms with van der Waals surface area (Å²) in [4.78, 5) is 66.3. The Balaban J connectivity index is 1.18. The fraction of sp³-hybridized carbons (Fsp3) is 0.790. The van der Waals surface area contributed by atoms with Gasteiger partial charge in [0.05, 0.1) is 79.6 Å². The van der Waals surface area contributed by atoms with E-state index >= 15 is 9.59 Å². The second-order valence-electron chi connectivity index (χ2n) is 25.9. The number of carbonyl (C=O) groups excluding carboxylic acids is 4. The first-order valence-electron chi connectivity index (χ1n) is 31.0. The van der Waals surface area contributed by atoms with Gasteiger partial charge in [0.25, 0.3) is 0 Å². The van der Waals surface area contributed by atoms with E-state index in [9.17, 15) is 29.3 Å². The van der Waals surface area contributed by atoms with Crippen molar-refractivity contribution in [3.05, 3.63) is 42.0 Å². The first kappa shape index (κ1) is 70.6. The minimum atomic E-state index is -2.09. The summed E-state index contributed by atoms with van der Waals surface area (Å²) in [5.74, 6) is -7.89. The highest BCUT2D eigenvalue weighted by Crippen LogP contribution is 2.40. The summed E-state index contributed by atoms with van der Waals surface area (Å²) in [6.45, 7) is 23.7. The highest BCUT2D eigenvalue weighted by Gasteiger charge is 2.51. The Morgan fingerprint density at radius 3 is 2.26 bits per heavy atom. The summed E-state index contributed by atoms with van der Waals surface area (Å²) < 4.78 is 84.7. The van der Waals surface area contributed by atoms with E-state index in [1.807, 2.05) is 34.7 Å². The molecular formula is C62H97FN6O19. The molecule has 5 aliphatic rings. The number of likely N-dealkylation sites (N-methyl/N-ethyl adjacent to an activating group) is 1. The highest BCUT2D eigenvalue weighted by atomic mass is 19.1. The fourth-order valence-electron chi connectivity index (χ4n) is 12.9. The molecule has 1 aromatic carbocycles. The maximum absolute atomic E-state index is 15.4. The Morgan fingerprint density at radius 1 is 0.864 bits per heavy atom. The van der Waals surface area contributed by atoms with Crippen molar-refractivity contribution in [2.75, 3.05) is 45.9 Å². The van der Waals surface area contributed by atoms with Gasteiger partial charge >= 0.3 is 18.0 Å². The Hall–Kier alpha value is -4.84. The molecule has 0 aliphatic carbocycles. The van der Waals surface area contributed by atoms with Crippen molar-refractivity contribution in [3.63, 3.8) is 0 Å². The number of cyclic esters (lactones) is 2. The molecule has 6 heterocycles. The summed E-state index contributed by atoms with van der Waals surface area (Å²) in [7, 11) is 4.90. The molecule has 1 amide bonds. The number of rotatable bonds is 19. The van der Waals surface area contributed by atoms with Gasteiger partial charge in [0, 0.05) is 63.8 Å². The standard InChI is InChI=1S/C62H97FN6O19/c1-31(2)20-47(70)85-53-38(9)52(33(4)29-79-60-56(78-16)55(77-15)49(71)41(12)83-60)87-58(74)40(11)54(86-48-21-34(5)67(14)25-36(7)81-48)37(8)51(32(3)24-62(13,76)57(73)39(53)10)88-59-50(72)46(22-35(6)82-59)65-80-30-43-26-68(66-64-43)27-45-28-69(61(75)84-45)44-19-17-18-42(63)23-44/h17-19,23,26,31-41,45,48-56,59-60,71-72,76H,20-22,24-25,27-30H2,1-16H3/t32-,33-,34+,35+,36-,37+,38-,39+,40+,41+,45-,48-,49+,50+,51-,52+,53+,54-,55+,56+,59-,60+,62-/m0/s1. The zero-order chi connectivity index (χ0) is 64.6. The van der Waals surface area contributed by atoms with Crippen LogP contribution in [0, 0.1) is 47.2 Å². The fourth-order valence-corrected chi connectivity index (χ4v) is 12.9. The lowest BCUT2D eigenvalue weighted by Gasteiger charge is -2.44. The molecule has 0 saturated carbocycles. The van der Waals surface area contributed by atoms with E-state index in [-0.39, 0.29) is 69.3 Å². The number of benzene rings is 1. The van der Waals surface area contributed by atoms with E-state index in [1.54, 1.807) is 60.7 Å². The van der Waals surface area contributed by atoms with Gasteiger partial charge in [0.1, 0.15) is 59.8 Å². The van der Waals surface area contributed by atoms with Crippen LogP contribution in [-0.4, -0.2) is 209 Å². The minimum Gasteiger partial charge on any atom is -0.461 e. The molecule has 1 aromatic heterocycles. The SMILES string of the molecule is CO[C@@H]1[C@H](O)[C@@H](C)O[C@@H](OC[C@H](C)[C@H]2OC(=O)[C@H](C)[C@@H](O[C@H]3C[C@@H](C)N(C)C[C@H](C)O3)[C@H](C)[C@@H](O[C@@H]3O[C@H](C)CC(=NOCc4cn(C[C@H]5CN(c6cccc(F)c6)C(=O)O5)nn4)[C@H]3O)[C@@H](C)C[C@](C)(O)C(=O)[C@H](C)[C@H](OC(=O)CC(C)C)[C@H]2C)[C@@H]1OC. The van der Waals surface area contributed by atoms with Gasteiger partial charge in [-0.3, -0.25) is 19.3 Å². The van der Waals surface area contributed by atoms with Crippen LogP contribution in [-0.2, 0) is 84.5 Å². The van der Waals surface area contributed by atoms with Crippen LogP contribution in [0.4, 0.5) is 14.9 Å². The molecule has 5 saturated heterocycles. The van der Waals surface area contributed by atoms with Crippen LogP contribution < -0.4 is 4.90 Å². The summed E-state index contributed by atoms with van der Waals surface area (Å²) in [6.07, 6.45) is -12.7. The molecule has 0 bridgehead atoms. The lowest BCUT2D eigenvalue weighted by molar-refractivity contribution is -0.305. The molecule has 88 heavy (non-hydrogen) atoms. The van der Waals surface area contributed by atoms with Gasteiger partial charge in [-0.15, -0.1) is 5.10 Å². The molecule has 496 valence electrons. The van der Waals surface area contributed by atoms with Crippen molar-refractivity contribution < 1.29 is 95.8 Å². The van der Waals surface area contributed by atoms with Crippen molar-refractivity contribution in [3.8, 4) is 0 Å². The number of anilines is 1. The van der Waals surface area contributed by atoms with Crippen molar-refractivity contribution in [2.45, 2.75) is 233 Å². The van der Waals surface area contributed by atoms with Crippen LogP contribution in [0.15, 0.2) is 35.6 Å². The lowest BCUT2D eigenvalue weighted by Crippen LogP contribution is -2.59. The van der Waals surface area contributed by atoms with Crippen molar-refractivity contribution >= 4 is 35.2 Å². The number of ketones is 1. The molecule has 7 rings (SSSR count). The van der Waals surface area contributed by atoms with Gasteiger partial charge in [-0.1, -0.05) is 64.9 Å². The number of nitrogens with zero attached hydrogens (tertiary/aromatic N) is 6. The maximum atomic E-state index is 15.4. The van der Waals surface area contributed by atoms with Gasteiger partial charge in [0.15, 0.2) is 31.3 Å². The Bertz CT molecular complexity index is 2650. The zero-order valence-electron chi connectivity index (χ0n) is 54.0. The lowest BCUT2D eigenvalue weighted by atomic mass is 9.74. The third-order valence-electron chi connectivity index (χ3n) is 17.8. The number of carbonyl (C=O) groups is 4. The zero-order valence-corrected chi connectivity index (χ0v) is 54.0. The third kappa shape index (κ3) is 17.6. The Kier molecular flexibility index (Phi) is 24.9. The average Bonchev–Trinajstić information content (AvgIpc) is 1.32. The number of oxime groups is 1. The van der Waals surface area contributed by atoms with Gasteiger partial charge in [0.2, 0.25) is 0 Å². The number of amides is 1. The molecular weight excluding hydrogens is 1150 g/mol. The van der Waals surface area contributed by atoms with Gasteiger partial charge in [-0.25, -0.2) is 13.9 Å². The largest absolute Gasteiger partial charge is 0.461 e. The molecule has 3 N–H and O–H groups in total. The molecule has 5 fully saturated rings.